The number of rotatable bonds is 8. The van der Waals surface area contributed by atoms with E-state index in [0.29, 0.717) is 23.2 Å². The first-order valence-electron chi connectivity index (χ1n) is 8.11. The highest BCUT2D eigenvalue weighted by Crippen LogP contribution is 2.42. The van der Waals surface area contributed by atoms with Gasteiger partial charge in [-0.15, -0.1) is 0 Å². The van der Waals surface area contributed by atoms with E-state index in [1.807, 2.05) is 13.8 Å². The first-order chi connectivity index (χ1) is 10.0. The van der Waals surface area contributed by atoms with Gasteiger partial charge in [-0.2, -0.15) is 0 Å². The molecule has 0 amide bonds. The number of esters is 1. The first-order valence-corrected chi connectivity index (χ1v) is 10.3. The van der Waals surface area contributed by atoms with Crippen LogP contribution < -0.4 is 0 Å². The van der Waals surface area contributed by atoms with Gasteiger partial charge in [0.25, 0.3) is 8.32 Å². The third-order valence-electron chi connectivity index (χ3n) is 3.90. The Hall–Kier alpha value is -1.10. The van der Waals surface area contributed by atoms with Gasteiger partial charge in [-0.05, 0) is 22.5 Å². The number of carbonyl (C=O) groups excluding carboxylic acids is 2. The highest BCUT2D eigenvalue weighted by molar-refractivity contribution is 6.79. The van der Waals surface area contributed by atoms with Crippen molar-refractivity contribution in [2.45, 2.75) is 72.0 Å². The second-order valence-corrected chi connectivity index (χ2v) is 12.5. The van der Waals surface area contributed by atoms with Gasteiger partial charge < -0.3 is 9.16 Å². The SMILES string of the molecule is CC(C)COC(=O)/C=C\C(=O)O[Si](C(C)C)(C(C)C)C(C)C. The van der Waals surface area contributed by atoms with Crippen molar-refractivity contribution in [3.8, 4) is 0 Å². The van der Waals surface area contributed by atoms with Crippen molar-refractivity contribution in [1.29, 1.82) is 0 Å². The lowest BCUT2D eigenvalue weighted by molar-refractivity contribution is -0.139. The van der Waals surface area contributed by atoms with Crippen LogP contribution in [0.2, 0.25) is 16.6 Å². The first kappa shape index (κ1) is 20.9. The number of hydrogen-bond donors (Lipinski definition) is 0. The van der Waals surface area contributed by atoms with Gasteiger partial charge in [0.2, 0.25) is 0 Å². The Balaban J connectivity index is 4.88. The van der Waals surface area contributed by atoms with Crippen molar-refractivity contribution in [2.75, 3.05) is 6.61 Å². The summed E-state index contributed by atoms with van der Waals surface area (Å²) in [6, 6.07) is 0. The van der Waals surface area contributed by atoms with Crippen LogP contribution in [-0.2, 0) is 18.8 Å². The van der Waals surface area contributed by atoms with Gasteiger partial charge in [-0.3, -0.25) is 0 Å². The molecule has 0 aliphatic heterocycles. The molecule has 4 nitrogen and oxygen atoms in total. The summed E-state index contributed by atoms with van der Waals surface area (Å²) in [5.74, 6) is -0.673. The largest absolute Gasteiger partial charge is 0.515 e. The quantitative estimate of drug-likeness (QED) is 0.375. The highest BCUT2D eigenvalue weighted by atomic mass is 28.4. The minimum atomic E-state index is -2.25. The molecular formula is C17H32O4Si. The average Bonchev–Trinajstić information content (AvgIpc) is 2.38. The molecule has 0 aliphatic rings. The predicted molar refractivity (Wildman–Crippen MR) is 92.1 cm³/mol. The molecule has 0 aliphatic carbocycles. The molecule has 0 radical (unpaired) electrons. The molecule has 0 saturated carbocycles. The van der Waals surface area contributed by atoms with E-state index in [4.69, 9.17) is 9.16 Å². The standard InChI is InChI=1S/C17H32O4Si/c1-12(2)11-20-16(18)9-10-17(19)21-22(13(3)4,14(5)6)15(7)8/h9-10,12-15H,11H2,1-8H3/b10-9-. The van der Waals surface area contributed by atoms with Crippen LogP contribution in [0, 0.1) is 5.92 Å². The van der Waals surface area contributed by atoms with Gasteiger partial charge in [0.15, 0.2) is 0 Å². The topological polar surface area (TPSA) is 52.6 Å². The van der Waals surface area contributed by atoms with Crippen molar-refractivity contribution in [2.24, 2.45) is 5.92 Å². The van der Waals surface area contributed by atoms with Crippen LogP contribution in [0.25, 0.3) is 0 Å². The zero-order chi connectivity index (χ0) is 17.5. The number of hydrogen-bond acceptors (Lipinski definition) is 4. The molecule has 0 N–H and O–H groups in total. The van der Waals surface area contributed by atoms with Gasteiger partial charge in [0.05, 0.1) is 6.61 Å². The van der Waals surface area contributed by atoms with E-state index in [1.54, 1.807) is 0 Å². The van der Waals surface area contributed by atoms with E-state index in [9.17, 15) is 9.59 Å². The van der Waals surface area contributed by atoms with E-state index in [0.717, 1.165) is 6.08 Å². The fraction of sp³-hybridized carbons (Fsp3) is 0.765. The molecule has 0 aromatic heterocycles. The molecular weight excluding hydrogens is 296 g/mol. The van der Waals surface area contributed by atoms with Crippen molar-refractivity contribution < 1.29 is 18.8 Å². The van der Waals surface area contributed by atoms with E-state index in [-0.39, 0.29) is 5.92 Å². The van der Waals surface area contributed by atoms with Crippen LogP contribution in [0.15, 0.2) is 12.2 Å². The van der Waals surface area contributed by atoms with Crippen molar-refractivity contribution >= 4 is 20.3 Å². The van der Waals surface area contributed by atoms with Gasteiger partial charge in [0, 0.05) is 12.2 Å². The third kappa shape index (κ3) is 5.95. The van der Waals surface area contributed by atoms with Crippen molar-refractivity contribution in [1.82, 2.24) is 0 Å². The summed E-state index contributed by atoms with van der Waals surface area (Å²) < 4.78 is 10.9. The molecule has 0 aromatic carbocycles. The maximum absolute atomic E-state index is 12.1. The van der Waals surface area contributed by atoms with Gasteiger partial charge in [-0.25, -0.2) is 9.59 Å². The second-order valence-electron chi connectivity index (χ2n) is 7.10. The van der Waals surface area contributed by atoms with Crippen LogP contribution in [-0.4, -0.2) is 26.9 Å². The Bertz CT molecular complexity index is 376. The van der Waals surface area contributed by atoms with Gasteiger partial charge >= 0.3 is 11.9 Å². The summed E-state index contributed by atoms with van der Waals surface area (Å²) in [4.78, 5) is 23.6. The molecule has 0 rings (SSSR count). The smallest absolute Gasteiger partial charge is 0.331 e. The molecule has 0 heterocycles. The number of ether oxygens (including phenoxy) is 1. The minimum Gasteiger partial charge on any atom is -0.515 e. The molecule has 0 atom stereocenters. The summed E-state index contributed by atoms with van der Waals surface area (Å²) in [5.41, 5.74) is 0.952. The van der Waals surface area contributed by atoms with Crippen LogP contribution in [0.5, 0.6) is 0 Å². The lowest BCUT2D eigenvalue weighted by atomic mass is 10.2. The number of carbonyl (C=O) groups is 2. The van der Waals surface area contributed by atoms with Crippen LogP contribution in [0.1, 0.15) is 55.4 Å². The Morgan fingerprint density at radius 1 is 0.818 bits per heavy atom. The Labute approximate surface area is 136 Å². The Morgan fingerprint density at radius 2 is 1.23 bits per heavy atom. The van der Waals surface area contributed by atoms with Crippen LogP contribution in [0.3, 0.4) is 0 Å². The fourth-order valence-electron chi connectivity index (χ4n) is 2.99. The summed E-state index contributed by atoms with van der Waals surface area (Å²) in [7, 11) is -2.25. The second kappa shape index (κ2) is 9.13. The molecule has 128 valence electrons. The lowest BCUT2D eigenvalue weighted by Gasteiger charge is -2.40. The summed E-state index contributed by atoms with van der Waals surface area (Å²) in [6.45, 7) is 16.9. The fourth-order valence-corrected chi connectivity index (χ4v) is 8.12. The minimum absolute atomic E-state index is 0.271. The zero-order valence-electron chi connectivity index (χ0n) is 15.3. The van der Waals surface area contributed by atoms with Crippen LogP contribution >= 0.6 is 0 Å². The molecule has 0 bridgehead atoms. The van der Waals surface area contributed by atoms with E-state index in [2.05, 4.69) is 41.5 Å². The molecule has 22 heavy (non-hydrogen) atoms. The maximum atomic E-state index is 12.1. The third-order valence-corrected chi connectivity index (χ3v) is 9.87. The normalized spacial score (nSPS) is 12.7. The van der Waals surface area contributed by atoms with Crippen molar-refractivity contribution in [3.63, 3.8) is 0 Å². The summed E-state index contributed by atoms with van der Waals surface area (Å²) >= 11 is 0. The Kier molecular flexibility index (Phi) is 8.67. The molecule has 0 spiro atoms. The molecule has 0 fully saturated rings. The predicted octanol–water partition coefficient (Wildman–Crippen LogP) is 4.46. The summed E-state index contributed by atoms with van der Waals surface area (Å²) in [5, 5.41) is 0. The molecule has 5 heteroatoms. The Morgan fingerprint density at radius 3 is 1.59 bits per heavy atom. The maximum Gasteiger partial charge on any atom is 0.331 e. The molecule has 0 saturated heterocycles. The van der Waals surface area contributed by atoms with Gasteiger partial charge in [-0.1, -0.05) is 55.4 Å². The molecule has 0 unspecified atom stereocenters. The lowest BCUT2D eigenvalue weighted by Crippen LogP contribution is -2.49. The average molecular weight is 329 g/mol. The van der Waals surface area contributed by atoms with E-state index >= 15 is 0 Å². The van der Waals surface area contributed by atoms with E-state index in [1.165, 1.54) is 6.08 Å². The monoisotopic (exact) mass is 328 g/mol. The van der Waals surface area contributed by atoms with E-state index < -0.39 is 20.3 Å². The summed E-state index contributed by atoms with van der Waals surface area (Å²) in [6.07, 6.45) is 2.35. The zero-order valence-corrected chi connectivity index (χ0v) is 16.3. The molecule has 0 aromatic rings. The van der Waals surface area contributed by atoms with Crippen molar-refractivity contribution in [3.05, 3.63) is 12.2 Å². The highest BCUT2D eigenvalue weighted by Gasteiger charge is 2.47. The van der Waals surface area contributed by atoms with Crippen LogP contribution in [0.4, 0.5) is 0 Å². The van der Waals surface area contributed by atoms with Gasteiger partial charge in [0.1, 0.15) is 0 Å².